The monoisotopic (exact) mass is 245 g/mol. The maximum Gasteiger partial charge on any atom is 0.0632 e. The molecule has 3 nitrogen and oxygen atoms in total. The van der Waals surface area contributed by atoms with Gasteiger partial charge in [-0.05, 0) is 41.9 Å². The molecule has 1 N–H and O–H groups in total. The number of halogens is 1. The normalized spacial score (nSPS) is 10.6. The van der Waals surface area contributed by atoms with Crippen molar-refractivity contribution < 1.29 is 0 Å². The number of aryl methyl sites for hydroxylation is 1. The quantitative estimate of drug-likeness (QED) is 0.778. The van der Waals surface area contributed by atoms with Crippen LogP contribution in [0, 0.1) is 0 Å². The van der Waals surface area contributed by atoms with Gasteiger partial charge in [-0.15, -0.1) is 0 Å². The van der Waals surface area contributed by atoms with Crippen molar-refractivity contribution >= 4 is 15.9 Å². The summed E-state index contributed by atoms with van der Waals surface area (Å²) in [6.07, 6.45) is 6.15. The number of rotatable bonds is 6. The van der Waals surface area contributed by atoms with Gasteiger partial charge in [0.05, 0.1) is 10.7 Å². The third-order valence-corrected chi connectivity index (χ3v) is 2.18. The number of nitrogens with zero attached hydrogens (tertiary/aromatic N) is 2. The molecule has 0 amide bonds. The highest BCUT2D eigenvalue weighted by Crippen LogP contribution is 2.06. The van der Waals surface area contributed by atoms with Crippen molar-refractivity contribution in [2.45, 2.75) is 26.3 Å². The molecule has 1 aromatic heterocycles. The molecule has 0 aromatic carbocycles. The van der Waals surface area contributed by atoms with Gasteiger partial charge in [0.25, 0.3) is 0 Å². The van der Waals surface area contributed by atoms with Crippen LogP contribution in [0.4, 0.5) is 0 Å². The van der Waals surface area contributed by atoms with Crippen LogP contribution in [-0.4, -0.2) is 22.9 Å². The summed E-state index contributed by atoms with van der Waals surface area (Å²) >= 11 is 3.37. The van der Waals surface area contributed by atoms with Crippen molar-refractivity contribution in [3.05, 3.63) is 16.9 Å². The summed E-state index contributed by atoms with van der Waals surface area (Å²) in [6, 6.07) is 0. The van der Waals surface area contributed by atoms with Gasteiger partial charge in [0.1, 0.15) is 0 Å². The van der Waals surface area contributed by atoms with Crippen LogP contribution in [-0.2, 0) is 6.54 Å². The highest BCUT2D eigenvalue weighted by molar-refractivity contribution is 9.10. The van der Waals surface area contributed by atoms with E-state index in [-0.39, 0.29) is 0 Å². The summed E-state index contributed by atoms with van der Waals surface area (Å²) in [4.78, 5) is 0. The maximum absolute atomic E-state index is 4.18. The Labute approximate surface area is 87.6 Å². The van der Waals surface area contributed by atoms with Crippen molar-refractivity contribution in [1.29, 1.82) is 0 Å². The SMILES string of the molecule is CCCNCCCn1cc(Br)cn1. The number of nitrogens with one attached hydrogen (secondary N) is 1. The average Bonchev–Trinajstić information content (AvgIpc) is 2.51. The van der Waals surface area contributed by atoms with Crippen LogP contribution in [0.5, 0.6) is 0 Å². The first-order valence-electron chi connectivity index (χ1n) is 4.71. The highest BCUT2D eigenvalue weighted by Gasteiger charge is 1.93. The van der Waals surface area contributed by atoms with Crippen molar-refractivity contribution in [1.82, 2.24) is 15.1 Å². The lowest BCUT2D eigenvalue weighted by molar-refractivity contribution is 0.542. The molecule has 1 heterocycles. The topological polar surface area (TPSA) is 29.9 Å². The standard InChI is InChI=1S/C9H16BrN3/c1-2-4-11-5-3-6-13-8-9(10)7-12-13/h7-8,11H,2-6H2,1H3. The van der Waals surface area contributed by atoms with E-state index >= 15 is 0 Å². The Morgan fingerprint density at radius 1 is 1.54 bits per heavy atom. The maximum atomic E-state index is 4.18. The van der Waals surface area contributed by atoms with E-state index in [0.29, 0.717) is 0 Å². The Morgan fingerprint density at radius 2 is 2.38 bits per heavy atom. The van der Waals surface area contributed by atoms with E-state index in [1.54, 1.807) is 0 Å². The molecular formula is C9H16BrN3. The van der Waals surface area contributed by atoms with Gasteiger partial charge < -0.3 is 5.32 Å². The molecule has 0 radical (unpaired) electrons. The summed E-state index contributed by atoms with van der Waals surface area (Å²) in [5.74, 6) is 0. The first-order valence-corrected chi connectivity index (χ1v) is 5.51. The second-order valence-corrected chi connectivity index (χ2v) is 3.94. The molecule has 1 rings (SSSR count). The summed E-state index contributed by atoms with van der Waals surface area (Å²) < 4.78 is 3.01. The van der Waals surface area contributed by atoms with Gasteiger partial charge in [-0.3, -0.25) is 4.68 Å². The zero-order valence-electron chi connectivity index (χ0n) is 7.96. The summed E-state index contributed by atoms with van der Waals surface area (Å²) in [6.45, 7) is 5.36. The van der Waals surface area contributed by atoms with E-state index in [9.17, 15) is 0 Å². The second kappa shape index (κ2) is 6.16. The van der Waals surface area contributed by atoms with E-state index in [4.69, 9.17) is 0 Å². The lowest BCUT2D eigenvalue weighted by Gasteiger charge is -2.02. The van der Waals surface area contributed by atoms with Crippen LogP contribution in [0.2, 0.25) is 0 Å². The molecule has 74 valence electrons. The molecule has 0 spiro atoms. The fraction of sp³-hybridized carbons (Fsp3) is 0.667. The summed E-state index contributed by atoms with van der Waals surface area (Å²) in [5, 5.41) is 7.53. The second-order valence-electron chi connectivity index (χ2n) is 3.03. The number of hydrogen-bond acceptors (Lipinski definition) is 2. The van der Waals surface area contributed by atoms with E-state index in [1.165, 1.54) is 6.42 Å². The fourth-order valence-electron chi connectivity index (χ4n) is 1.13. The van der Waals surface area contributed by atoms with Gasteiger partial charge in [0.2, 0.25) is 0 Å². The van der Waals surface area contributed by atoms with Crippen molar-refractivity contribution in [2.75, 3.05) is 13.1 Å². The molecule has 0 atom stereocenters. The Kier molecular flexibility index (Phi) is 5.08. The average molecular weight is 246 g/mol. The van der Waals surface area contributed by atoms with Crippen LogP contribution >= 0.6 is 15.9 Å². The summed E-state index contributed by atoms with van der Waals surface area (Å²) in [7, 11) is 0. The van der Waals surface area contributed by atoms with Gasteiger partial charge >= 0.3 is 0 Å². The Morgan fingerprint density at radius 3 is 3.00 bits per heavy atom. The minimum absolute atomic E-state index is 0.988. The molecule has 0 aliphatic heterocycles. The Bertz CT molecular complexity index is 235. The zero-order valence-corrected chi connectivity index (χ0v) is 9.55. The van der Waals surface area contributed by atoms with Crippen LogP contribution in [0.1, 0.15) is 19.8 Å². The molecule has 0 unspecified atom stereocenters. The molecule has 0 fully saturated rings. The molecule has 0 aliphatic carbocycles. The predicted molar refractivity (Wildman–Crippen MR) is 57.7 cm³/mol. The van der Waals surface area contributed by atoms with Gasteiger partial charge in [0.15, 0.2) is 0 Å². The van der Waals surface area contributed by atoms with Gasteiger partial charge in [-0.2, -0.15) is 5.10 Å². The first kappa shape index (κ1) is 10.7. The van der Waals surface area contributed by atoms with Crippen LogP contribution in [0.15, 0.2) is 16.9 Å². The zero-order chi connectivity index (χ0) is 9.52. The lowest BCUT2D eigenvalue weighted by atomic mass is 10.4. The molecule has 0 saturated carbocycles. The largest absolute Gasteiger partial charge is 0.317 e. The minimum atomic E-state index is 0.988. The Balaban J connectivity index is 2.06. The molecule has 4 heteroatoms. The third-order valence-electron chi connectivity index (χ3n) is 1.77. The first-order chi connectivity index (χ1) is 6.33. The molecule has 1 aromatic rings. The van der Waals surface area contributed by atoms with Crippen LogP contribution in [0.3, 0.4) is 0 Å². The van der Waals surface area contributed by atoms with Crippen molar-refractivity contribution in [3.8, 4) is 0 Å². The Hall–Kier alpha value is -0.350. The van der Waals surface area contributed by atoms with Crippen molar-refractivity contribution in [2.24, 2.45) is 0 Å². The lowest BCUT2D eigenvalue weighted by Crippen LogP contribution is -2.17. The number of aromatic nitrogens is 2. The van der Waals surface area contributed by atoms with E-state index in [0.717, 1.165) is 30.5 Å². The minimum Gasteiger partial charge on any atom is -0.317 e. The van der Waals surface area contributed by atoms with Crippen LogP contribution in [0.25, 0.3) is 0 Å². The fourth-order valence-corrected chi connectivity index (χ4v) is 1.46. The highest BCUT2D eigenvalue weighted by atomic mass is 79.9. The predicted octanol–water partition coefficient (Wildman–Crippen LogP) is 2.04. The molecule has 0 aliphatic rings. The van der Waals surface area contributed by atoms with Crippen LogP contribution < -0.4 is 5.32 Å². The molecule has 0 saturated heterocycles. The van der Waals surface area contributed by atoms with E-state index in [2.05, 4.69) is 33.3 Å². The van der Waals surface area contributed by atoms with Crippen molar-refractivity contribution in [3.63, 3.8) is 0 Å². The molecular weight excluding hydrogens is 230 g/mol. The molecule has 0 bridgehead atoms. The van der Waals surface area contributed by atoms with Gasteiger partial charge in [-0.25, -0.2) is 0 Å². The summed E-state index contributed by atoms with van der Waals surface area (Å²) in [5.41, 5.74) is 0. The van der Waals surface area contributed by atoms with Gasteiger partial charge in [-0.1, -0.05) is 6.92 Å². The smallest absolute Gasteiger partial charge is 0.0632 e. The van der Waals surface area contributed by atoms with E-state index < -0.39 is 0 Å². The third kappa shape index (κ3) is 4.43. The molecule has 13 heavy (non-hydrogen) atoms. The number of hydrogen-bond donors (Lipinski definition) is 1. The van der Waals surface area contributed by atoms with Gasteiger partial charge in [0, 0.05) is 12.7 Å². The van der Waals surface area contributed by atoms with E-state index in [1.807, 2.05) is 17.1 Å².